The fraction of sp³-hybridized carbons (Fsp3) is 0.391. The third-order valence-corrected chi connectivity index (χ3v) is 5.44. The van der Waals surface area contributed by atoms with E-state index in [1.54, 1.807) is 12.1 Å². The van der Waals surface area contributed by atoms with E-state index in [9.17, 15) is 9.59 Å². The second-order valence-electron chi connectivity index (χ2n) is 7.59. The Kier molecular flexibility index (Phi) is 9.63. The van der Waals surface area contributed by atoms with Crippen molar-refractivity contribution in [2.45, 2.75) is 32.4 Å². The van der Waals surface area contributed by atoms with Gasteiger partial charge >= 0.3 is 0 Å². The molecule has 162 valence electrons. The maximum atomic E-state index is 13.2. The van der Waals surface area contributed by atoms with Crippen LogP contribution in [-0.4, -0.2) is 48.8 Å². The molecule has 0 saturated heterocycles. The van der Waals surface area contributed by atoms with Crippen molar-refractivity contribution in [1.29, 1.82) is 0 Å². The van der Waals surface area contributed by atoms with Gasteiger partial charge in [-0.15, -0.1) is 0 Å². The summed E-state index contributed by atoms with van der Waals surface area (Å²) >= 11 is 12.2. The van der Waals surface area contributed by atoms with Crippen LogP contribution in [0.2, 0.25) is 10.0 Å². The predicted octanol–water partition coefficient (Wildman–Crippen LogP) is 4.54. The molecule has 0 spiro atoms. The lowest BCUT2D eigenvalue weighted by atomic mass is 10.0. The molecule has 2 aromatic carbocycles. The molecule has 0 saturated carbocycles. The van der Waals surface area contributed by atoms with Crippen molar-refractivity contribution in [2.75, 3.05) is 27.2 Å². The number of halogens is 2. The van der Waals surface area contributed by atoms with Crippen LogP contribution in [0.1, 0.15) is 36.9 Å². The Morgan fingerprint density at radius 2 is 1.70 bits per heavy atom. The Bertz CT molecular complexity index is 844. The third kappa shape index (κ3) is 7.98. The number of benzene rings is 2. The van der Waals surface area contributed by atoms with Gasteiger partial charge < -0.3 is 15.1 Å². The molecule has 0 bridgehead atoms. The largest absolute Gasteiger partial charge is 0.349 e. The number of nitrogens with zero attached hydrogens (tertiary/aromatic N) is 2. The van der Waals surface area contributed by atoms with Crippen molar-refractivity contribution in [3.05, 3.63) is 69.7 Å². The van der Waals surface area contributed by atoms with Gasteiger partial charge in [-0.05, 0) is 50.3 Å². The molecule has 30 heavy (non-hydrogen) atoms. The van der Waals surface area contributed by atoms with Crippen LogP contribution in [0.25, 0.3) is 0 Å². The molecular weight excluding hydrogens is 421 g/mol. The number of nitrogens with one attached hydrogen (secondary N) is 1. The first-order valence-electron chi connectivity index (χ1n) is 9.94. The van der Waals surface area contributed by atoms with Crippen LogP contribution in [0.4, 0.5) is 0 Å². The minimum atomic E-state index is -0.374. The van der Waals surface area contributed by atoms with Crippen LogP contribution in [0.3, 0.4) is 0 Å². The first-order chi connectivity index (χ1) is 14.3. The summed E-state index contributed by atoms with van der Waals surface area (Å²) in [5, 5.41) is 3.86. The third-order valence-electron chi connectivity index (χ3n) is 4.70. The van der Waals surface area contributed by atoms with Crippen molar-refractivity contribution < 1.29 is 9.59 Å². The minimum absolute atomic E-state index is 0.0255. The molecule has 7 heteroatoms. The molecule has 1 N–H and O–H groups in total. The first kappa shape index (κ1) is 24.2. The molecule has 2 amide bonds. The molecule has 0 radical (unpaired) electrons. The number of hydrogen-bond acceptors (Lipinski definition) is 3. The van der Waals surface area contributed by atoms with Crippen molar-refractivity contribution in [3.63, 3.8) is 0 Å². The monoisotopic (exact) mass is 449 g/mol. The van der Waals surface area contributed by atoms with Gasteiger partial charge in [-0.2, -0.15) is 0 Å². The Balaban J connectivity index is 2.18. The highest BCUT2D eigenvalue weighted by atomic mass is 35.5. The van der Waals surface area contributed by atoms with E-state index >= 15 is 0 Å². The lowest BCUT2D eigenvalue weighted by Crippen LogP contribution is -2.37. The van der Waals surface area contributed by atoms with E-state index in [1.807, 2.05) is 55.4 Å². The fourth-order valence-corrected chi connectivity index (χ4v) is 3.54. The number of rotatable bonds is 10. The van der Waals surface area contributed by atoms with Crippen LogP contribution in [-0.2, 0) is 16.1 Å². The molecule has 2 rings (SSSR count). The summed E-state index contributed by atoms with van der Waals surface area (Å²) in [4.78, 5) is 28.9. The Morgan fingerprint density at radius 3 is 2.30 bits per heavy atom. The number of amides is 2. The zero-order valence-electron chi connectivity index (χ0n) is 17.7. The molecule has 0 aliphatic carbocycles. The van der Waals surface area contributed by atoms with Gasteiger partial charge in [0.15, 0.2) is 0 Å². The Morgan fingerprint density at radius 1 is 1.00 bits per heavy atom. The molecule has 1 atom stereocenters. The normalized spacial score (nSPS) is 11.9. The number of carbonyl (C=O) groups excluding carboxylic acids is 2. The van der Waals surface area contributed by atoms with E-state index in [0.717, 1.165) is 24.1 Å². The standard InChI is InChI=1S/C23H29Cl2N3O2/c1-17(29)26-22(19-8-5-4-6-9-19)15-23(30)28(13-7-12-27(2)3)16-18-10-11-20(24)21(25)14-18/h4-6,8-11,14,22H,7,12-13,15-16H2,1-3H3,(H,26,29). The topological polar surface area (TPSA) is 52.7 Å². The van der Waals surface area contributed by atoms with Gasteiger partial charge in [0.25, 0.3) is 0 Å². The van der Waals surface area contributed by atoms with E-state index in [1.165, 1.54) is 6.92 Å². The molecule has 5 nitrogen and oxygen atoms in total. The summed E-state index contributed by atoms with van der Waals surface area (Å²) in [7, 11) is 4.01. The van der Waals surface area contributed by atoms with Crippen molar-refractivity contribution in [3.8, 4) is 0 Å². The van der Waals surface area contributed by atoms with E-state index in [0.29, 0.717) is 23.1 Å². The highest BCUT2D eigenvalue weighted by Gasteiger charge is 2.22. The minimum Gasteiger partial charge on any atom is -0.349 e. The van der Waals surface area contributed by atoms with Crippen molar-refractivity contribution in [2.24, 2.45) is 0 Å². The maximum absolute atomic E-state index is 13.2. The predicted molar refractivity (Wildman–Crippen MR) is 123 cm³/mol. The van der Waals surface area contributed by atoms with E-state index in [2.05, 4.69) is 10.2 Å². The molecule has 0 aromatic heterocycles. The average molecular weight is 450 g/mol. The van der Waals surface area contributed by atoms with E-state index in [-0.39, 0.29) is 24.3 Å². The van der Waals surface area contributed by atoms with Gasteiger partial charge in [0.05, 0.1) is 22.5 Å². The van der Waals surface area contributed by atoms with Crippen LogP contribution >= 0.6 is 23.2 Å². The SMILES string of the molecule is CC(=O)NC(CC(=O)N(CCCN(C)C)Cc1ccc(Cl)c(Cl)c1)c1ccccc1. The smallest absolute Gasteiger partial charge is 0.225 e. The summed E-state index contributed by atoms with van der Waals surface area (Å²) in [5.74, 6) is -0.192. The van der Waals surface area contributed by atoms with Gasteiger partial charge in [-0.3, -0.25) is 9.59 Å². The highest BCUT2D eigenvalue weighted by Crippen LogP contribution is 2.24. The quantitative estimate of drug-likeness (QED) is 0.578. The summed E-state index contributed by atoms with van der Waals surface area (Å²) < 4.78 is 0. The van der Waals surface area contributed by atoms with Gasteiger partial charge in [0.1, 0.15) is 0 Å². The van der Waals surface area contributed by atoms with Crippen LogP contribution in [0, 0.1) is 0 Å². The van der Waals surface area contributed by atoms with Gasteiger partial charge in [-0.25, -0.2) is 0 Å². The molecule has 1 unspecified atom stereocenters. The van der Waals surface area contributed by atoms with Gasteiger partial charge in [0.2, 0.25) is 11.8 Å². The maximum Gasteiger partial charge on any atom is 0.225 e. The van der Waals surface area contributed by atoms with E-state index < -0.39 is 0 Å². The van der Waals surface area contributed by atoms with Crippen LogP contribution < -0.4 is 5.32 Å². The van der Waals surface area contributed by atoms with Crippen molar-refractivity contribution in [1.82, 2.24) is 15.1 Å². The van der Waals surface area contributed by atoms with Crippen LogP contribution in [0.5, 0.6) is 0 Å². The van der Waals surface area contributed by atoms with Crippen LogP contribution in [0.15, 0.2) is 48.5 Å². The summed E-state index contributed by atoms with van der Waals surface area (Å²) in [6.45, 7) is 3.38. The summed E-state index contributed by atoms with van der Waals surface area (Å²) in [6, 6.07) is 14.6. The highest BCUT2D eigenvalue weighted by molar-refractivity contribution is 6.42. The molecule has 2 aromatic rings. The average Bonchev–Trinajstić information content (AvgIpc) is 2.69. The Hall–Kier alpha value is -2.08. The lowest BCUT2D eigenvalue weighted by molar-refractivity contribution is -0.132. The second-order valence-corrected chi connectivity index (χ2v) is 8.40. The molecule has 0 aliphatic heterocycles. The summed E-state index contributed by atoms with van der Waals surface area (Å²) in [6.07, 6.45) is 1.03. The first-order valence-corrected chi connectivity index (χ1v) is 10.7. The number of hydrogen-bond donors (Lipinski definition) is 1. The van der Waals surface area contributed by atoms with Gasteiger partial charge in [0, 0.05) is 20.0 Å². The molecule has 0 fully saturated rings. The zero-order valence-corrected chi connectivity index (χ0v) is 19.2. The number of carbonyl (C=O) groups is 2. The Labute approximate surface area is 189 Å². The second kappa shape index (κ2) is 11.9. The van der Waals surface area contributed by atoms with E-state index in [4.69, 9.17) is 23.2 Å². The summed E-state index contributed by atoms with van der Waals surface area (Å²) in [5.41, 5.74) is 1.82. The fourth-order valence-electron chi connectivity index (χ4n) is 3.21. The molecule has 0 aliphatic rings. The van der Waals surface area contributed by atoms with Gasteiger partial charge in [-0.1, -0.05) is 59.6 Å². The molecule has 0 heterocycles. The zero-order chi connectivity index (χ0) is 22.1. The molecular formula is C23H29Cl2N3O2. The lowest BCUT2D eigenvalue weighted by Gasteiger charge is -2.27. The van der Waals surface area contributed by atoms with Crippen molar-refractivity contribution >= 4 is 35.0 Å².